The molecule has 1 unspecified atom stereocenters. The largest absolute Gasteiger partial charge is 0.497 e. The Balaban J connectivity index is 1.57. The van der Waals surface area contributed by atoms with Crippen molar-refractivity contribution in [2.24, 2.45) is 4.99 Å². The fraction of sp³-hybridized carbons (Fsp3) is 0.652. The Kier molecular flexibility index (Phi) is 7.96. The van der Waals surface area contributed by atoms with Gasteiger partial charge in [-0.3, -0.25) is 4.79 Å². The van der Waals surface area contributed by atoms with Gasteiger partial charge in [0, 0.05) is 33.3 Å². The van der Waals surface area contributed by atoms with Gasteiger partial charge in [-0.1, -0.05) is 25.0 Å². The van der Waals surface area contributed by atoms with Gasteiger partial charge in [0.15, 0.2) is 5.96 Å². The number of likely N-dealkylation sites (N-methyl/N-ethyl adjacent to an activating group) is 1. The van der Waals surface area contributed by atoms with Crippen LogP contribution in [0.1, 0.15) is 44.1 Å². The average Bonchev–Trinajstić information content (AvgIpc) is 3.19. The number of benzene rings is 1. The molecule has 1 atom stereocenters. The molecule has 2 fully saturated rings. The Morgan fingerprint density at radius 3 is 2.67 bits per heavy atom. The molecular formula is C23H36N4O3. The fourth-order valence-electron chi connectivity index (χ4n) is 4.27. The van der Waals surface area contributed by atoms with E-state index in [1.165, 1.54) is 18.4 Å². The van der Waals surface area contributed by atoms with Crippen LogP contribution in [0.15, 0.2) is 29.3 Å². The second kappa shape index (κ2) is 10.7. The van der Waals surface area contributed by atoms with E-state index >= 15 is 0 Å². The fourth-order valence-corrected chi connectivity index (χ4v) is 4.27. The minimum atomic E-state index is -0.00880. The number of carbonyl (C=O) groups is 1. The predicted octanol–water partition coefficient (Wildman–Crippen LogP) is 2.35. The third-order valence-electron chi connectivity index (χ3n) is 6.09. The van der Waals surface area contributed by atoms with E-state index in [0.29, 0.717) is 12.0 Å². The van der Waals surface area contributed by atoms with E-state index in [-0.39, 0.29) is 18.1 Å². The smallest absolute Gasteiger partial charge is 0.243 e. The number of carbonyl (C=O) groups excluding carboxylic acids is 1. The molecule has 0 bridgehead atoms. The van der Waals surface area contributed by atoms with Gasteiger partial charge in [0.2, 0.25) is 5.91 Å². The number of nitrogens with one attached hydrogen (secondary N) is 2. The Labute approximate surface area is 180 Å². The molecule has 0 aromatic heterocycles. The van der Waals surface area contributed by atoms with E-state index < -0.39 is 0 Å². The molecule has 166 valence electrons. The zero-order valence-corrected chi connectivity index (χ0v) is 18.6. The molecule has 0 radical (unpaired) electrons. The molecule has 1 aliphatic carbocycles. The number of aliphatic imine (C=N–C) groups is 1. The molecule has 1 heterocycles. The van der Waals surface area contributed by atoms with Crippen LogP contribution in [-0.4, -0.2) is 69.3 Å². The first kappa shape index (κ1) is 22.4. The highest BCUT2D eigenvalue weighted by atomic mass is 16.5. The summed E-state index contributed by atoms with van der Waals surface area (Å²) in [6.07, 6.45) is 7.65. The van der Waals surface area contributed by atoms with Crippen molar-refractivity contribution < 1.29 is 14.3 Å². The Hall–Kier alpha value is -2.28. The molecule has 1 aliphatic heterocycles. The first-order chi connectivity index (χ1) is 14.5. The van der Waals surface area contributed by atoms with Crippen molar-refractivity contribution in [1.82, 2.24) is 15.5 Å². The van der Waals surface area contributed by atoms with Gasteiger partial charge >= 0.3 is 0 Å². The van der Waals surface area contributed by atoms with Gasteiger partial charge in [0.25, 0.3) is 0 Å². The molecule has 1 saturated heterocycles. The zero-order valence-electron chi connectivity index (χ0n) is 18.6. The lowest BCUT2D eigenvalue weighted by atomic mass is 9.89. The lowest BCUT2D eigenvalue weighted by molar-refractivity contribution is -0.127. The van der Waals surface area contributed by atoms with Gasteiger partial charge in [0.1, 0.15) is 12.3 Å². The summed E-state index contributed by atoms with van der Waals surface area (Å²) >= 11 is 0. The average molecular weight is 417 g/mol. The van der Waals surface area contributed by atoms with Crippen LogP contribution in [-0.2, 0) is 16.0 Å². The van der Waals surface area contributed by atoms with Crippen molar-refractivity contribution in [2.45, 2.75) is 56.6 Å². The molecule has 7 nitrogen and oxygen atoms in total. The van der Waals surface area contributed by atoms with E-state index in [2.05, 4.69) is 27.8 Å². The summed E-state index contributed by atoms with van der Waals surface area (Å²) in [6.45, 7) is 1.66. The Morgan fingerprint density at radius 1 is 1.27 bits per heavy atom. The van der Waals surface area contributed by atoms with Crippen LogP contribution in [0.4, 0.5) is 0 Å². The van der Waals surface area contributed by atoms with Crippen LogP contribution in [0.5, 0.6) is 5.75 Å². The second-order valence-electron chi connectivity index (χ2n) is 8.55. The maximum atomic E-state index is 12.0. The molecule has 3 rings (SSSR count). The maximum absolute atomic E-state index is 12.0. The minimum absolute atomic E-state index is 0.00880. The van der Waals surface area contributed by atoms with E-state index in [1.807, 2.05) is 12.1 Å². The molecular weight excluding hydrogens is 380 g/mol. The standard InChI is InChI=1S/C23H36N4O3/c1-27(2)21(28)17-25-22(24-14-10-18-6-8-20(29-3)9-7-18)26-19-11-15-30-23(16-19)12-4-5-13-23/h6-9,19H,4-5,10-17H2,1-3H3,(H2,24,25,26). The summed E-state index contributed by atoms with van der Waals surface area (Å²) in [5.74, 6) is 1.56. The Bertz CT molecular complexity index is 712. The topological polar surface area (TPSA) is 75.2 Å². The van der Waals surface area contributed by atoms with Crippen LogP contribution in [0.25, 0.3) is 0 Å². The van der Waals surface area contributed by atoms with Gasteiger partial charge in [0.05, 0.1) is 12.7 Å². The number of rotatable bonds is 7. The number of ether oxygens (including phenoxy) is 2. The van der Waals surface area contributed by atoms with Crippen molar-refractivity contribution >= 4 is 11.9 Å². The van der Waals surface area contributed by atoms with Crippen molar-refractivity contribution in [3.05, 3.63) is 29.8 Å². The molecule has 30 heavy (non-hydrogen) atoms. The molecule has 1 amide bonds. The summed E-state index contributed by atoms with van der Waals surface area (Å²) in [6, 6.07) is 8.41. The van der Waals surface area contributed by atoms with E-state index in [4.69, 9.17) is 9.47 Å². The van der Waals surface area contributed by atoms with E-state index in [9.17, 15) is 4.79 Å². The molecule has 1 aromatic rings. The predicted molar refractivity (Wildman–Crippen MR) is 119 cm³/mol. The number of amides is 1. The van der Waals surface area contributed by atoms with Crippen LogP contribution in [0, 0.1) is 0 Å². The highest BCUT2D eigenvalue weighted by molar-refractivity contribution is 5.85. The minimum Gasteiger partial charge on any atom is -0.497 e. The van der Waals surface area contributed by atoms with Crippen molar-refractivity contribution in [2.75, 3.05) is 40.9 Å². The van der Waals surface area contributed by atoms with Gasteiger partial charge in [-0.15, -0.1) is 0 Å². The number of hydrogen-bond donors (Lipinski definition) is 2. The second-order valence-corrected chi connectivity index (χ2v) is 8.55. The van der Waals surface area contributed by atoms with Gasteiger partial charge in [-0.05, 0) is 49.8 Å². The summed E-state index contributed by atoms with van der Waals surface area (Å²) < 4.78 is 11.4. The van der Waals surface area contributed by atoms with E-state index in [0.717, 1.165) is 51.0 Å². The third kappa shape index (κ3) is 6.36. The number of guanidine groups is 1. The highest BCUT2D eigenvalue weighted by Crippen LogP contribution is 2.39. The van der Waals surface area contributed by atoms with Crippen molar-refractivity contribution in [3.63, 3.8) is 0 Å². The first-order valence-corrected chi connectivity index (χ1v) is 11.0. The number of hydrogen-bond acceptors (Lipinski definition) is 4. The van der Waals surface area contributed by atoms with Crippen LogP contribution >= 0.6 is 0 Å². The maximum Gasteiger partial charge on any atom is 0.243 e. The van der Waals surface area contributed by atoms with Crippen molar-refractivity contribution in [3.8, 4) is 5.75 Å². The number of methoxy groups -OCH3 is 1. The Morgan fingerprint density at radius 2 is 2.00 bits per heavy atom. The van der Waals surface area contributed by atoms with E-state index in [1.54, 1.807) is 26.1 Å². The summed E-state index contributed by atoms with van der Waals surface area (Å²) in [5.41, 5.74) is 1.27. The summed E-state index contributed by atoms with van der Waals surface area (Å²) in [7, 11) is 5.18. The van der Waals surface area contributed by atoms with Gasteiger partial charge in [-0.2, -0.15) is 0 Å². The van der Waals surface area contributed by atoms with Crippen LogP contribution in [0.2, 0.25) is 0 Å². The molecule has 7 heteroatoms. The number of nitrogens with zero attached hydrogens (tertiary/aromatic N) is 2. The molecule has 2 N–H and O–H groups in total. The summed E-state index contributed by atoms with van der Waals surface area (Å²) in [5, 5.41) is 6.99. The van der Waals surface area contributed by atoms with Crippen LogP contribution in [0.3, 0.4) is 0 Å². The lowest BCUT2D eigenvalue weighted by Gasteiger charge is -2.39. The third-order valence-corrected chi connectivity index (χ3v) is 6.09. The molecule has 2 aliphatic rings. The first-order valence-electron chi connectivity index (χ1n) is 11.0. The normalized spacial score (nSPS) is 20.8. The molecule has 1 aromatic carbocycles. The highest BCUT2D eigenvalue weighted by Gasteiger charge is 2.40. The van der Waals surface area contributed by atoms with Crippen LogP contribution < -0.4 is 15.4 Å². The molecule has 1 saturated carbocycles. The monoisotopic (exact) mass is 416 g/mol. The quantitative estimate of drug-likeness (QED) is 0.527. The van der Waals surface area contributed by atoms with Gasteiger partial charge < -0.3 is 25.0 Å². The zero-order chi connectivity index (χ0) is 21.4. The van der Waals surface area contributed by atoms with Gasteiger partial charge in [-0.25, -0.2) is 4.99 Å². The summed E-state index contributed by atoms with van der Waals surface area (Å²) in [4.78, 5) is 18.2. The molecule has 1 spiro atoms. The SMILES string of the molecule is COc1ccc(CCNC(=NCC(=O)N(C)C)NC2CCOC3(CCCC3)C2)cc1. The van der Waals surface area contributed by atoms with Crippen molar-refractivity contribution in [1.29, 1.82) is 0 Å². The lowest BCUT2D eigenvalue weighted by Crippen LogP contribution is -2.51.